The van der Waals surface area contributed by atoms with Crippen LogP contribution < -0.4 is 10.1 Å². The van der Waals surface area contributed by atoms with Crippen molar-refractivity contribution in [3.8, 4) is 5.75 Å². The first kappa shape index (κ1) is 18.9. The van der Waals surface area contributed by atoms with Gasteiger partial charge in [-0.25, -0.2) is 9.18 Å². The van der Waals surface area contributed by atoms with Gasteiger partial charge in [0.2, 0.25) is 0 Å². The van der Waals surface area contributed by atoms with E-state index in [0.29, 0.717) is 28.1 Å². The lowest BCUT2D eigenvalue weighted by Gasteiger charge is -2.16. The number of amides is 1. The minimum Gasteiger partial charge on any atom is -0.480 e. The average Bonchev–Trinajstić information content (AvgIpc) is 2.58. The molecule has 1 unspecified atom stereocenters. The second-order valence-electron chi connectivity index (χ2n) is 5.12. The molecule has 0 fully saturated rings. The molecule has 0 aliphatic rings. The van der Waals surface area contributed by atoms with Gasteiger partial charge in [-0.05, 0) is 72.2 Å². The summed E-state index contributed by atoms with van der Waals surface area (Å²) in [5, 5.41) is 2.69. The lowest BCUT2D eigenvalue weighted by molar-refractivity contribution is -0.122. The quantitative estimate of drug-likeness (QED) is 0.727. The van der Waals surface area contributed by atoms with Gasteiger partial charge in [-0.15, -0.1) is 0 Å². The number of nitrogens with one attached hydrogen (secondary N) is 1. The fourth-order valence-corrected chi connectivity index (χ4v) is 2.41. The molecule has 0 aliphatic heterocycles. The van der Waals surface area contributed by atoms with Crippen LogP contribution in [0.2, 0.25) is 0 Å². The molecular formula is C18H17BrFNO4. The van der Waals surface area contributed by atoms with Crippen LogP contribution in [0.15, 0.2) is 46.9 Å². The van der Waals surface area contributed by atoms with Crippen molar-refractivity contribution < 1.29 is 23.5 Å². The average molecular weight is 410 g/mol. The Kier molecular flexibility index (Phi) is 6.52. The smallest absolute Gasteiger partial charge is 0.338 e. The zero-order valence-electron chi connectivity index (χ0n) is 13.7. The highest BCUT2D eigenvalue weighted by atomic mass is 79.9. The number of hydrogen-bond donors (Lipinski definition) is 1. The van der Waals surface area contributed by atoms with Crippen molar-refractivity contribution in [1.82, 2.24) is 0 Å². The Morgan fingerprint density at radius 1 is 1.20 bits per heavy atom. The maximum absolute atomic E-state index is 13.1. The summed E-state index contributed by atoms with van der Waals surface area (Å²) in [6.45, 7) is 3.61. The van der Waals surface area contributed by atoms with Crippen molar-refractivity contribution in [3.05, 3.63) is 58.3 Å². The number of benzene rings is 2. The number of esters is 1. The largest absolute Gasteiger partial charge is 0.480 e. The number of carbonyl (C=O) groups is 2. The lowest BCUT2D eigenvalue weighted by Crippen LogP contribution is -2.30. The van der Waals surface area contributed by atoms with Crippen LogP contribution in [-0.4, -0.2) is 24.6 Å². The molecule has 0 saturated heterocycles. The van der Waals surface area contributed by atoms with Gasteiger partial charge in [-0.3, -0.25) is 4.79 Å². The summed E-state index contributed by atoms with van der Waals surface area (Å²) in [5.41, 5.74) is 0.922. The van der Waals surface area contributed by atoms with Crippen molar-refractivity contribution in [2.75, 3.05) is 11.9 Å². The van der Waals surface area contributed by atoms with Gasteiger partial charge < -0.3 is 14.8 Å². The molecule has 0 saturated carbocycles. The number of hydrogen-bond acceptors (Lipinski definition) is 4. The van der Waals surface area contributed by atoms with E-state index in [9.17, 15) is 14.0 Å². The molecule has 1 atom stereocenters. The van der Waals surface area contributed by atoms with Gasteiger partial charge in [0.05, 0.1) is 16.6 Å². The van der Waals surface area contributed by atoms with Crippen molar-refractivity contribution in [3.63, 3.8) is 0 Å². The first-order chi connectivity index (χ1) is 11.9. The Bertz CT molecular complexity index is 764. The van der Waals surface area contributed by atoms with E-state index in [4.69, 9.17) is 9.47 Å². The molecule has 1 amide bonds. The molecule has 0 heterocycles. The van der Waals surface area contributed by atoms with Gasteiger partial charge in [-0.1, -0.05) is 0 Å². The van der Waals surface area contributed by atoms with E-state index in [0.717, 1.165) is 0 Å². The summed E-state index contributed by atoms with van der Waals surface area (Å²) in [6, 6.07) is 10.3. The van der Waals surface area contributed by atoms with E-state index in [2.05, 4.69) is 21.2 Å². The molecule has 0 aromatic heterocycles. The first-order valence-electron chi connectivity index (χ1n) is 7.60. The van der Waals surface area contributed by atoms with Crippen LogP contribution >= 0.6 is 15.9 Å². The second kappa shape index (κ2) is 8.62. The van der Waals surface area contributed by atoms with Gasteiger partial charge in [0.1, 0.15) is 11.6 Å². The van der Waals surface area contributed by atoms with Crippen molar-refractivity contribution in [2.24, 2.45) is 0 Å². The molecule has 5 nitrogen and oxygen atoms in total. The predicted octanol–water partition coefficient (Wildman–Crippen LogP) is 4.17. The zero-order chi connectivity index (χ0) is 18.4. The monoisotopic (exact) mass is 409 g/mol. The van der Waals surface area contributed by atoms with Crippen LogP contribution in [0.25, 0.3) is 0 Å². The molecule has 0 aliphatic carbocycles. The van der Waals surface area contributed by atoms with E-state index in [1.165, 1.54) is 18.2 Å². The molecule has 0 radical (unpaired) electrons. The molecule has 2 rings (SSSR count). The van der Waals surface area contributed by atoms with E-state index >= 15 is 0 Å². The topological polar surface area (TPSA) is 64.6 Å². The number of carbonyl (C=O) groups excluding carboxylic acids is 2. The van der Waals surface area contributed by atoms with Crippen LogP contribution in [-0.2, 0) is 9.53 Å². The third-order valence-corrected chi connectivity index (χ3v) is 3.85. The fourth-order valence-electron chi connectivity index (χ4n) is 1.96. The third-order valence-electron chi connectivity index (χ3n) is 3.23. The van der Waals surface area contributed by atoms with Crippen molar-refractivity contribution >= 4 is 33.5 Å². The number of rotatable bonds is 6. The summed E-state index contributed by atoms with van der Waals surface area (Å²) >= 11 is 3.19. The molecular weight excluding hydrogens is 393 g/mol. The van der Waals surface area contributed by atoms with Crippen LogP contribution in [0.3, 0.4) is 0 Å². The van der Waals surface area contributed by atoms with Crippen LogP contribution in [0.5, 0.6) is 5.75 Å². The number of anilines is 1. The zero-order valence-corrected chi connectivity index (χ0v) is 15.3. The van der Waals surface area contributed by atoms with Gasteiger partial charge in [-0.2, -0.15) is 0 Å². The highest BCUT2D eigenvalue weighted by molar-refractivity contribution is 9.10. The maximum Gasteiger partial charge on any atom is 0.338 e. The number of ether oxygens (including phenoxy) is 2. The molecule has 7 heteroatoms. The lowest BCUT2D eigenvalue weighted by atomic mass is 10.2. The molecule has 2 aromatic rings. The van der Waals surface area contributed by atoms with Crippen LogP contribution in [0.4, 0.5) is 10.1 Å². The first-order valence-corrected chi connectivity index (χ1v) is 8.39. The summed E-state index contributed by atoms with van der Waals surface area (Å²) in [7, 11) is 0. The van der Waals surface area contributed by atoms with E-state index in [1.807, 2.05) is 0 Å². The molecule has 25 heavy (non-hydrogen) atoms. The minimum absolute atomic E-state index is 0.297. The fraction of sp³-hybridized carbons (Fsp3) is 0.222. The summed E-state index contributed by atoms with van der Waals surface area (Å²) in [6.07, 6.45) is -0.800. The third kappa shape index (κ3) is 5.29. The summed E-state index contributed by atoms with van der Waals surface area (Å²) in [5.74, 6) is -0.835. The van der Waals surface area contributed by atoms with Crippen LogP contribution in [0.1, 0.15) is 24.2 Å². The minimum atomic E-state index is -0.800. The van der Waals surface area contributed by atoms with Crippen molar-refractivity contribution in [2.45, 2.75) is 20.0 Å². The summed E-state index contributed by atoms with van der Waals surface area (Å²) < 4.78 is 23.9. The van der Waals surface area contributed by atoms with Gasteiger partial charge in [0.25, 0.3) is 5.91 Å². The van der Waals surface area contributed by atoms with Crippen LogP contribution in [0, 0.1) is 5.82 Å². The van der Waals surface area contributed by atoms with E-state index < -0.39 is 17.9 Å². The highest BCUT2D eigenvalue weighted by Gasteiger charge is 2.17. The Morgan fingerprint density at radius 2 is 1.88 bits per heavy atom. The van der Waals surface area contributed by atoms with E-state index in [-0.39, 0.29) is 5.91 Å². The Hall–Kier alpha value is -2.41. The van der Waals surface area contributed by atoms with Crippen molar-refractivity contribution in [1.29, 1.82) is 0 Å². The molecule has 1 N–H and O–H groups in total. The normalized spacial score (nSPS) is 11.5. The highest BCUT2D eigenvalue weighted by Crippen LogP contribution is 2.26. The predicted molar refractivity (Wildman–Crippen MR) is 95.2 cm³/mol. The number of halogens is 2. The van der Waals surface area contributed by atoms with Gasteiger partial charge in [0.15, 0.2) is 6.10 Å². The van der Waals surface area contributed by atoms with E-state index in [1.54, 1.807) is 38.1 Å². The molecule has 2 aromatic carbocycles. The summed E-state index contributed by atoms with van der Waals surface area (Å²) in [4.78, 5) is 23.8. The standard InChI is InChI=1S/C18H17BrFNO4/c1-3-24-18(23)12-4-7-14(8-5-12)21-17(22)11(2)25-16-9-6-13(20)10-15(16)19/h4-11H,3H2,1-2H3,(H,21,22). The molecule has 132 valence electrons. The molecule has 0 spiro atoms. The SMILES string of the molecule is CCOC(=O)c1ccc(NC(=O)C(C)Oc2ccc(F)cc2Br)cc1. The Morgan fingerprint density at radius 3 is 2.48 bits per heavy atom. The Labute approximate surface area is 153 Å². The Balaban J connectivity index is 1.97. The van der Waals surface area contributed by atoms with Gasteiger partial charge >= 0.3 is 5.97 Å². The maximum atomic E-state index is 13.1. The molecule has 0 bridgehead atoms. The van der Waals surface area contributed by atoms with Gasteiger partial charge in [0, 0.05) is 5.69 Å². The second-order valence-corrected chi connectivity index (χ2v) is 5.98.